The lowest BCUT2D eigenvalue weighted by Gasteiger charge is -2.15. The first kappa shape index (κ1) is 17.9. The Morgan fingerprint density at radius 2 is 1.95 bits per heavy atom. The standard InChI is InChI=1S/C12H16F3NO2.ClH/c1-3-9(16)6-8-4-5-10(7-11(8)17-2)18-12(13,14)15;/h4-5,7,9H,3,6,16H2,1-2H3;1H. The van der Waals surface area contributed by atoms with Gasteiger partial charge in [-0.25, -0.2) is 0 Å². The number of hydrogen-bond acceptors (Lipinski definition) is 3. The molecule has 0 radical (unpaired) electrons. The number of methoxy groups -OCH3 is 1. The molecule has 0 aliphatic rings. The second kappa shape index (κ2) is 7.45. The van der Waals surface area contributed by atoms with Crippen LogP contribution in [0.1, 0.15) is 18.9 Å². The van der Waals surface area contributed by atoms with Gasteiger partial charge in [0.2, 0.25) is 0 Å². The lowest BCUT2D eigenvalue weighted by atomic mass is 10.0. The SMILES string of the molecule is CCC(N)Cc1ccc(OC(F)(F)F)cc1OC.Cl. The number of alkyl halides is 3. The molecule has 3 nitrogen and oxygen atoms in total. The maximum Gasteiger partial charge on any atom is 0.573 e. The molecule has 0 spiro atoms. The van der Waals surface area contributed by atoms with Gasteiger partial charge in [0.1, 0.15) is 11.5 Å². The normalized spacial score (nSPS) is 12.5. The van der Waals surface area contributed by atoms with E-state index in [-0.39, 0.29) is 24.2 Å². The summed E-state index contributed by atoms with van der Waals surface area (Å²) in [6, 6.07) is 3.96. The van der Waals surface area contributed by atoms with Crippen molar-refractivity contribution in [3.63, 3.8) is 0 Å². The van der Waals surface area contributed by atoms with Crippen LogP contribution in [0.25, 0.3) is 0 Å². The Balaban J connectivity index is 0.00000324. The van der Waals surface area contributed by atoms with Crippen LogP contribution >= 0.6 is 12.4 Å². The average Bonchev–Trinajstić information content (AvgIpc) is 2.28. The molecule has 1 atom stereocenters. The lowest BCUT2D eigenvalue weighted by molar-refractivity contribution is -0.274. The van der Waals surface area contributed by atoms with Crippen LogP contribution in [0.15, 0.2) is 18.2 Å². The number of halogens is 4. The summed E-state index contributed by atoms with van der Waals surface area (Å²) >= 11 is 0. The largest absolute Gasteiger partial charge is 0.573 e. The third-order valence-electron chi connectivity index (χ3n) is 2.50. The molecule has 19 heavy (non-hydrogen) atoms. The topological polar surface area (TPSA) is 44.5 Å². The molecule has 1 rings (SSSR count). The summed E-state index contributed by atoms with van der Waals surface area (Å²) in [6.07, 6.45) is -3.37. The van der Waals surface area contributed by atoms with Crippen molar-refractivity contribution in [1.82, 2.24) is 0 Å². The van der Waals surface area contributed by atoms with Crippen LogP contribution in [0.3, 0.4) is 0 Å². The first-order valence-corrected chi connectivity index (χ1v) is 5.54. The van der Waals surface area contributed by atoms with E-state index < -0.39 is 6.36 Å². The van der Waals surface area contributed by atoms with Gasteiger partial charge in [0.25, 0.3) is 0 Å². The second-order valence-corrected chi connectivity index (χ2v) is 3.89. The van der Waals surface area contributed by atoms with E-state index >= 15 is 0 Å². The molecule has 0 saturated carbocycles. The predicted octanol–water partition coefficient (Wildman–Crippen LogP) is 3.30. The van der Waals surface area contributed by atoms with Crippen LogP contribution in [-0.4, -0.2) is 19.5 Å². The Kier molecular flexibility index (Phi) is 7.00. The number of rotatable bonds is 5. The van der Waals surface area contributed by atoms with E-state index in [2.05, 4.69) is 4.74 Å². The van der Waals surface area contributed by atoms with Crippen molar-refractivity contribution in [2.45, 2.75) is 32.2 Å². The smallest absolute Gasteiger partial charge is 0.496 e. The van der Waals surface area contributed by atoms with Crippen LogP contribution in [-0.2, 0) is 6.42 Å². The number of benzene rings is 1. The molecule has 0 heterocycles. The molecule has 110 valence electrons. The number of ether oxygens (including phenoxy) is 2. The summed E-state index contributed by atoms with van der Waals surface area (Å²) < 4.78 is 45.0. The zero-order valence-electron chi connectivity index (χ0n) is 10.7. The van der Waals surface area contributed by atoms with Gasteiger partial charge in [-0.1, -0.05) is 13.0 Å². The maximum atomic E-state index is 12.1. The summed E-state index contributed by atoms with van der Waals surface area (Å²) in [6.45, 7) is 1.94. The highest BCUT2D eigenvalue weighted by Gasteiger charge is 2.31. The van der Waals surface area contributed by atoms with E-state index in [9.17, 15) is 13.2 Å². The van der Waals surface area contributed by atoms with Gasteiger partial charge in [0.05, 0.1) is 7.11 Å². The van der Waals surface area contributed by atoms with Crippen molar-refractivity contribution in [1.29, 1.82) is 0 Å². The molecule has 1 aromatic carbocycles. The lowest BCUT2D eigenvalue weighted by Crippen LogP contribution is -2.22. The summed E-state index contributed by atoms with van der Waals surface area (Å²) in [4.78, 5) is 0. The van der Waals surface area contributed by atoms with Gasteiger partial charge in [-0.05, 0) is 24.5 Å². The molecule has 0 amide bonds. The Hall–Kier alpha value is -1.14. The Labute approximate surface area is 116 Å². The molecule has 0 bridgehead atoms. The summed E-state index contributed by atoms with van der Waals surface area (Å²) in [5.74, 6) is 0.0498. The fourth-order valence-corrected chi connectivity index (χ4v) is 1.52. The summed E-state index contributed by atoms with van der Waals surface area (Å²) in [5, 5.41) is 0. The van der Waals surface area contributed by atoms with Crippen molar-refractivity contribution < 1.29 is 22.6 Å². The van der Waals surface area contributed by atoms with Gasteiger partial charge in [0, 0.05) is 12.1 Å². The van der Waals surface area contributed by atoms with Crippen molar-refractivity contribution in [2.24, 2.45) is 5.73 Å². The van der Waals surface area contributed by atoms with Crippen LogP contribution in [0.5, 0.6) is 11.5 Å². The van der Waals surface area contributed by atoms with Gasteiger partial charge in [0.15, 0.2) is 0 Å². The molecule has 1 aromatic rings. The molecular formula is C12H17ClF3NO2. The van der Waals surface area contributed by atoms with E-state index in [1.807, 2.05) is 6.92 Å². The molecule has 0 aromatic heterocycles. The van der Waals surface area contributed by atoms with E-state index in [1.54, 1.807) is 0 Å². The van der Waals surface area contributed by atoms with E-state index in [0.29, 0.717) is 12.2 Å². The molecule has 7 heteroatoms. The first-order chi connectivity index (χ1) is 8.35. The van der Waals surface area contributed by atoms with Crippen molar-refractivity contribution in [3.8, 4) is 11.5 Å². The average molecular weight is 300 g/mol. The van der Waals surface area contributed by atoms with Gasteiger partial charge in [-0.2, -0.15) is 0 Å². The van der Waals surface area contributed by atoms with E-state index in [0.717, 1.165) is 12.0 Å². The maximum absolute atomic E-state index is 12.1. The van der Waals surface area contributed by atoms with Crippen molar-refractivity contribution in [3.05, 3.63) is 23.8 Å². The minimum absolute atomic E-state index is 0. The summed E-state index contributed by atoms with van der Waals surface area (Å²) in [5.41, 5.74) is 6.57. The minimum Gasteiger partial charge on any atom is -0.496 e. The third-order valence-corrected chi connectivity index (χ3v) is 2.50. The Bertz CT molecular complexity index is 399. The Morgan fingerprint density at radius 3 is 2.42 bits per heavy atom. The molecule has 2 N–H and O–H groups in total. The quantitative estimate of drug-likeness (QED) is 0.907. The van der Waals surface area contributed by atoms with Gasteiger partial charge in [-0.3, -0.25) is 0 Å². The Morgan fingerprint density at radius 1 is 1.32 bits per heavy atom. The fraction of sp³-hybridized carbons (Fsp3) is 0.500. The minimum atomic E-state index is -4.70. The molecule has 0 aliphatic heterocycles. The van der Waals surface area contributed by atoms with Gasteiger partial charge >= 0.3 is 6.36 Å². The molecule has 0 aliphatic carbocycles. The zero-order valence-corrected chi connectivity index (χ0v) is 11.5. The van der Waals surface area contributed by atoms with Crippen molar-refractivity contribution in [2.75, 3.05) is 7.11 Å². The molecular weight excluding hydrogens is 283 g/mol. The highest BCUT2D eigenvalue weighted by atomic mass is 35.5. The second-order valence-electron chi connectivity index (χ2n) is 3.89. The molecule has 1 unspecified atom stereocenters. The van der Waals surface area contributed by atoms with E-state index in [1.165, 1.54) is 25.3 Å². The molecule has 0 saturated heterocycles. The number of hydrogen-bond donors (Lipinski definition) is 1. The van der Waals surface area contributed by atoms with Gasteiger partial charge < -0.3 is 15.2 Å². The van der Waals surface area contributed by atoms with Gasteiger partial charge in [-0.15, -0.1) is 25.6 Å². The third kappa shape index (κ3) is 6.02. The molecule has 0 fully saturated rings. The fourth-order valence-electron chi connectivity index (χ4n) is 1.52. The van der Waals surface area contributed by atoms with Crippen LogP contribution in [0.2, 0.25) is 0 Å². The monoisotopic (exact) mass is 299 g/mol. The predicted molar refractivity (Wildman–Crippen MR) is 68.9 cm³/mol. The van der Waals surface area contributed by atoms with Crippen LogP contribution in [0, 0.1) is 0 Å². The number of nitrogens with two attached hydrogens (primary N) is 1. The zero-order chi connectivity index (χ0) is 13.8. The summed E-state index contributed by atoms with van der Waals surface area (Å²) in [7, 11) is 1.40. The first-order valence-electron chi connectivity index (χ1n) is 5.54. The highest BCUT2D eigenvalue weighted by Crippen LogP contribution is 2.29. The highest BCUT2D eigenvalue weighted by molar-refractivity contribution is 5.85. The van der Waals surface area contributed by atoms with Crippen molar-refractivity contribution >= 4 is 12.4 Å². The van der Waals surface area contributed by atoms with E-state index in [4.69, 9.17) is 10.5 Å². The van der Waals surface area contributed by atoms with Crippen LogP contribution in [0.4, 0.5) is 13.2 Å². The van der Waals surface area contributed by atoms with Crippen LogP contribution < -0.4 is 15.2 Å².